The van der Waals surface area contributed by atoms with Crippen LogP contribution in [0.4, 0.5) is 0 Å². The summed E-state index contributed by atoms with van der Waals surface area (Å²) in [6.45, 7) is 8.96. The first-order chi connectivity index (χ1) is 12.1. The van der Waals surface area contributed by atoms with Crippen molar-refractivity contribution in [3.05, 3.63) is 29.8 Å². The highest BCUT2D eigenvalue weighted by Gasteiger charge is 2.28. The van der Waals surface area contributed by atoms with E-state index in [4.69, 9.17) is 9.47 Å². The maximum atomic E-state index is 11.4. The number of carbonyl (C=O) groups is 1. The van der Waals surface area contributed by atoms with Crippen molar-refractivity contribution in [2.24, 2.45) is 0 Å². The Kier molecular flexibility index (Phi) is 6.32. The predicted octanol–water partition coefficient (Wildman–Crippen LogP) is 2.34. The number of piperazine rings is 1. The number of hydrogen-bond donors (Lipinski definition) is 0. The third-order valence-corrected chi connectivity index (χ3v) is 5.17. The second-order valence-corrected chi connectivity index (χ2v) is 7.05. The standard InChI is InChI=1S/C20H30N2O3/c1-3-24-18-6-4-17(5-7-18)14-19-8-9-20(25-19)15-21-10-12-22(13-11-21)16(2)23/h4-7,19-20H,3,8-15H2,1-2H3/t19-,20+/m0/s1. The van der Waals surface area contributed by atoms with Gasteiger partial charge in [0.15, 0.2) is 0 Å². The van der Waals surface area contributed by atoms with Crippen molar-refractivity contribution >= 4 is 5.91 Å². The zero-order chi connectivity index (χ0) is 17.6. The van der Waals surface area contributed by atoms with Crippen LogP contribution in [0.3, 0.4) is 0 Å². The summed E-state index contributed by atoms with van der Waals surface area (Å²) in [6.07, 6.45) is 3.89. The van der Waals surface area contributed by atoms with Gasteiger partial charge in [-0.25, -0.2) is 0 Å². The minimum absolute atomic E-state index is 0.187. The summed E-state index contributed by atoms with van der Waals surface area (Å²) >= 11 is 0. The molecule has 0 aliphatic carbocycles. The molecule has 0 bridgehead atoms. The van der Waals surface area contributed by atoms with Crippen LogP contribution in [0.5, 0.6) is 5.75 Å². The van der Waals surface area contributed by atoms with E-state index < -0.39 is 0 Å². The molecule has 2 heterocycles. The van der Waals surface area contributed by atoms with Crippen LogP contribution in [0, 0.1) is 0 Å². The average molecular weight is 346 g/mol. The first-order valence-electron chi connectivity index (χ1n) is 9.49. The summed E-state index contributed by atoms with van der Waals surface area (Å²) in [5.41, 5.74) is 1.31. The third kappa shape index (κ3) is 5.19. The van der Waals surface area contributed by atoms with Gasteiger partial charge in [-0.2, -0.15) is 0 Å². The number of carbonyl (C=O) groups excluding carboxylic acids is 1. The van der Waals surface area contributed by atoms with Crippen LogP contribution >= 0.6 is 0 Å². The van der Waals surface area contributed by atoms with Gasteiger partial charge in [0.1, 0.15) is 5.75 Å². The SMILES string of the molecule is CCOc1ccc(C[C@@H]2CC[C@H](CN3CCN(C(C)=O)CC3)O2)cc1. The summed E-state index contributed by atoms with van der Waals surface area (Å²) in [5, 5.41) is 0. The first-order valence-corrected chi connectivity index (χ1v) is 9.49. The lowest BCUT2D eigenvalue weighted by Crippen LogP contribution is -2.49. The second-order valence-electron chi connectivity index (χ2n) is 7.05. The molecular formula is C20H30N2O3. The molecule has 25 heavy (non-hydrogen) atoms. The zero-order valence-corrected chi connectivity index (χ0v) is 15.4. The van der Waals surface area contributed by atoms with Gasteiger partial charge in [0.05, 0.1) is 18.8 Å². The molecule has 5 nitrogen and oxygen atoms in total. The van der Waals surface area contributed by atoms with E-state index >= 15 is 0 Å². The fourth-order valence-corrected chi connectivity index (χ4v) is 3.75. The Labute approximate surface area is 150 Å². The van der Waals surface area contributed by atoms with Gasteiger partial charge >= 0.3 is 0 Å². The van der Waals surface area contributed by atoms with Crippen LogP contribution < -0.4 is 4.74 Å². The fraction of sp³-hybridized carbons (Fsp3) is 0.650. The summed E-state index contributed by atoms with van der Waals surface area (Å²) in [5.74, 6) is 1.12. The van der Waals surface area contributed by atoms with E-state index in [0.717, 1.165) is 57.7 Å². The lowest BCUT2D eigenvalue weighted by Gasteiger charge is -2.35. The molecule has 2 aliphatic heterocycles. The highest BCUT2D eigenvalue weighted by atomic mass is 16.5. The average Bonchev–Trinajstić information content (AvgIpc) is 3.04. The molecule has 2 saturated heterocycles. The maximum Gasteiger partial charge on any atom is 0.219 e. The van der Waals surface area contributed by atoms with Crippen molar-refractivity contribution in [1.82, 2.24) is 9.80 Å². The zero-order valence-electron chi connectivity index (χ0n) is 15.4. The number of hydrogen-bond acceptors (Lipinski definition) is 4. The highest BCUT2D eigenvalue weighted by molar-refractivity contribution is 5.73. The lowest BCUT2D eigenvalue weighted by molar-refractivity contribution is -0.130. The van der Waals surface area contributed by atoms with Crippen molar-refractivity contribution in [2.45, 2.75) is 45.3 Å². The molecule has 1 aromatic rings. The minimum atomic E-state index is 0.187. The van der Waals surface area contributed by atoms with Crippen LogP contribution in [-0.2, 0) is 16.0 Å². The van der Waals surface area contributed by atoms with E-state index in [-0.39, 0.29) is 5.91 Å². The Morgan fingerprint density at radius 1 is 1.12 bits per heavy atom. The Bertz CT molecular complexity index is 553. The van der Waals surface area contributed by atoms with Crippen molar-refractivity contribution in [2.75, 3.05) is 39.3 Å². The highest BCUT2D eigenvalue weighted by Crippen LogP contribution is 2.24. The molecule has 2 aliphatic rings. The normalized spacial score (nSPS) is 24.5. The molecule has 0 radical (unpaired) electrons. The Morgan fingerprint density at radius 3 is 2.44 bits per heavy atom. The van der Waals surface area contributed by atoms with E-state index in [1.807, 2.05) is 24.0 Å². The quantitative estimate of drug-likeness (QED) is 0.793. The van der Waals surface area contributed by atoms with Gasteiger partial charge in [-0.05, 0) is 43.9 Å². The number of ether oxygens (including phenoxy) is 2. The molecule has 0 spiro atoms. The van der Waals surface area contributed by atoms with Crippen molar-refractivity contribution in [1.29, 1.82) is 0 Å². The third-order valence-electron chi connectivity index (χ3n) is 5.17. The largest absolute Gasteiger partial charge is 0.494 e. The number of rotatable bonds is 6. The van der Waals surface area contributed by atoms with Crippen LogP contribution in [0.1, 0.15) is 32.3 Å². The summed E-state index contributed by atoms with van der Waals surface area (Å²) in [7, 11) is 0. The van der Waals surface area contributed by atoms with Crippen molar-refractivity contribution in [3.8, 4) is 5.75 Å². The smallest absolute Gasteiger partial charge is 0.219 e. The van der Waals surface area contributed by atoms with E-state index in [1.54, 1.807) is 6.92 Å². The van der Waals surface area contributed by atoms with Gasteiger partial charge in [-0.15, -0.1) is 0 Å². The Hall–Kier alpha value is -1.59. The molecule has 3 rings (SSSR count). The molecule has 1 aromatic carbocycles. The van der Waals surface area contributed by atoms with Gasteiger partial charge in [-0.1, -0.05) is 12.1 Å². The van der Waals surface area contributed by atoms with Crippen LogP contribution in [-0.4, -0.2) is 67.2 Å². The molecule has 0 aromatic heterocycles. The van der Waals surface area contributed by atoms with Gasteiger partial charge < -0.3 is 14.4 Å². The second kappa shape index (κ2) is 8.68. The number of amides is 1. The van der Waals surface area contributed by atoms with Crippen molar-refractivity contribution < 1.29 is 14.3 Å². The predicted molar refractivity (Wildman–Crippen MR) is 97.9 cm³/mol. The summed E-state index contributed by atoms with van der Waals surface area (Å²) in [4.78, 5) is 15.8. The van der Waals surface area contributed by atoms with Gasteiger partial charge in [-0.3, -0.25) is 9.69 Å². The Balaban J connectivity index is 1.40. The van der Waals surface area contributed by atoms with E-state index in [2.05, 4.69) is 17.0 Å². The Morgan fingerprint density at radius 2 is 1.80 bits per heavy atom. The van der Waals surface area contributed by atoms with Crippen LogP contribution in [0.2, 0.25) is 0 Å². The van der Waals surface area contributed by atoms with Crippen molar-refractivity contribution in [3.63, 3.8) is 0 Å². The number of benzene rings is 1. The monoisotopic (exact) mass is 346 g/mol. The molecule has 1 amide bonds. The number of nitrogens with zero attached hydrogens (tertiary/aromatic N) is 2. The topological polar surface area (TPSA) is 42.0 Å². The fourth-order valence-electron chi connectivity index (χ4n) is 3.75. The molecule has 0 N–H and O–H groups in total. The molecular weight excluding hydrogens is 316 g/mol. The minimum Gasteiger partial charge on any atom is -0.494 e. The molecule has 5 heteroatoms. The summed E-state index contributed by atoms with van der Waals surface area (Å²) < 4.78 is 11.8. The molecule has 2 atom stereocenters. The van der Waals surface area contributed by atoms with Crippen LogP contribution in [0.25, 0.3) is 0 Å². The molecule has 0 unspecified atom stereocenters. The van der Waals surface area contributed by atoms with E-state index in [9.17, 15) is 4.79 Å². The van der Waals surface area contributed by atoms with E-state index in [1.165, 1.54) is 5.56 Å². The first kappa shape index (κ1) is 18.2. The van der Waals surface area contributed by atoms with Gasteiger partial charge in [0.2, 0.25) is 5.91 Å². The van der Waals surface area contributed by atoms with Gasteiger partial charge in [0.25, 0.3) is 0 Å². The molecule has 138 valence electrons. The van der Waals surface area contributed by atoms with Gasteiger partial charge in [0, 0.05) is 39.6 Å². The van der Waals surface area contributed by atoms with Crippen LogP contribution in [0.15, 0.2) is 24.3 Å². The van der Waals surface area contributed by atoms with E-state index in [0.29, 0.717) is 18.8 Å². The lowest BCUT2D eigenvalue weighted by atomic mass is 10.1. The molecule has 0 saturated carbocycles. The summed E-state index contributed by atoms with van der Waals surface area (Å²) in [6, 6.07) is 8.37. The maximum absolute atomic E-state index is 11.4. The molecule has 2 fully saturated rings.